The fourth-order valence-electron chi connectivity index (χ4n) is 1.73. The van der Waals surface area contributed by atoms with Gasteiger partial charge in [0, 0.05) is 13.2 Å². The quantitative estimate of drug-likeness (QED) is 0.928. The first-order chi connectivity index (χ1) is 8.93. The molecule has 0 bridgehead atoms. The molecule has 0 unspecified atom stereocenters. The van der Waals surface area contributed by atoms with Crippen LogP contribution in [0.25, 0.3) is 0 Å². The number of pyridine rings is 1. The molecule has 0 aliphatic heterocycles. The van der Waals surface area contributed by atoms with Crippen molar-refractivity contribution in [2.45, 2.75) is 11.8 Å². The maximum absolute atomic E-state index is 12.5. The van der Waals surface area contributed by atoms with Crippen LogP contribution in [0.4, 0.5) is 11.5 Å². The van der Waals surface area contributed by atoms with Crippen molar-refractivity contribution >= 4 is 21.5 Å². The lowest BCUT2D eigenvalue weighted by Gasteiger charge is -2.20. The molecule has 0 saturated carbocycles. The number of aromatic nitrogens is 1. The van der Waals surface area contributed by atoms with Crippen LogP contribution in [0.15, 0.2) is 47.5 Å². The van der Waals surface area contributed by atoms with Gasteiger partial charge in [-0.3, -0.25) is 4.31 Å². The van der Waals surface area contributed by atoms with E-state index in [1.165, 1.54) is 23.6 Å². The highest BCUT2D eigenvalue weighted by Gasteiger charge is 2.24. The Morgan fingerprint density at radius 3 is 2.58 bits per heavy atom. The minimum Gasteiger partial charge on any atom is -0.383 e. The van der Waals surface area contributed by atoms with Crippen molar-refractivity contribution in [2.24, 2.45) is 0 Å². The van der Waals surface area contributed by atoms with Crippen molar-refractivity contribution in [1.29, 1.82) is 0 Å². The number of anilines is 2. The third kappa shape index (κ3) is 2.53. The van der Waals surface area contributed by atoms with Gasteiger partial charge in [-0.2, -0.15) is 0 Å². The van der Waals surface area contributed by atoms with E-state index in [-0.39, 0.29) is 10.7 Å². The molecule has 1 heterocycles. The number of nitrogen functional groups attached to an aromatic ring is 1. The highest BCUT2D eigenvalue weighted by atomic mass is 32.2. The van der Waals surface area contributed by atoms with Gasteiger partial charge >= 0.3 is 0 Å². The third-order valence-corrected chi connectivity index (χ3v) is 4.64. The van der Waals surface area contributed by atoms with Gasteiger partial charge in [0.2, 0.25) is 0 Å². The zero-order valence-corrected chi connectivity index (χ0v) is 11.6. The fourth-order valence-corrected chi connectivity index (χ4v) is 2.98. The Hall–Kier alpha value is -2.08. The van der Waals surface area contributed by atoms with Crippen LogP contribution in [0.1, 0.15) is 5.56 Å². The minimum atomic E-state index is -3.69. The second-order valence-electron chi connectivity index (χ2n) is 4.20. The summed E-state index contributed by atoms with van der Waals surface area (Å²) in [6.45, 7) is 1.91. The zero-order chi connectivity index (χ0) is 14.0. The average Bonchev–Trinajstić information content (AvgIpc) is 2.38. The van der Waals surface area contributed by atoms with E-state index in [2.05, 4.69) is 4.98 Å². The van der Waals surface area contributed by atoms with E-state index in [9.17, 15) is 8.42 Å². The summed E-state index contributed by atoms with van der Waals surface area (Å²) in [4.78, 5) is 3.82. The van der Waals surface area contributed by atoms with Crippen LogP contribution in [-0.2, 0) is 10.0 Å². The highest BCUT2D eigenvalue weighted by molar-refractivity contribution is 7.93. The molecule has 0 spiro atoms. The highest BCUT2D eigenvalue weighted by Crippen LogP contribution is 2.24. The monoisotopic (exact) mass is 277 g/mol. The SMILES string of the molecule is Cc1cccc(N(C)S(=O)(=O)c2cccnc2N)c1. The number of hydrogen-bond donors (Lipinski definition) is 1. The molecule has 19 heavy (non-hydrogen) atoms. The molecule has 6 heteroatoms. The van der Waals surface area contributed by atoms with Crippen molar-refractivity contribution in [3.05, 3.63) is 48.2 Å². The molecule has 0 aliphatic carbocycles. The fraction of sp³-hybridized carbons (Fsp3) is 0.154. The molecule has 0 atom stereocenters. The molecule has 0 radical (unpaired) electrons. The second kappa shape index (κ2) is 4.89. The first-order valence-electron chi connectivity index (χ1n) is 5.69. The summed E-state index contributed by atoms with van der Waals surface area (Å²) in [5, 5.41) is 0. The Balaban J connectivity index is 2.49. The summed E-state index contributed by atoms with van der Waals surface area (Å²) >= 11 is 0. The smallest absolute Gasteiger partial charge is 0.267 e. The van der Waals surface area contributed by atoms with Crippen LogP contribution < -0.4 is 10.0 Å². The first-order valence-corrected chi connectivity index (χ1v) is 7.13. The summed E-state index contributed by atoms with van der Waals surface area (Å²) in [5.41, 5.74) is 7.21. The van der Waals surface area contributed by atoms with Gasteiger partial charge in [-0.15, -0.1) is 0 Å². The van der Waals surface area contributed by atoms with E-state index in [1.807, 2.05) is 19.1 Å². The Bertz CT molecular complexity index is 699. The van der Waals surface area contributed by atoms with E-state index >= 15 is 0 Å². The topological polar surface area (TPSA) is 76.3 Å². The molecule has 0 fully saturated rings. The molecule has 0 saturated heterocycles. The Kier molecular flexibility index (Phi) is 3.44. The van der Waals surface area contributed by atoms with E-state index < -0.39 is 10.0 Å². The maximum atomic E-state index is 12.5. The van der Waals surface area contributed by atoms with Gasteiger partial charge in [-0.25, -0.2) is 13.4 Å². The van der Waals surface area contributed by atoms with Crippen LogP contribution in [0.2, 0.25) is 0 Å². The predicted molar refractivity (Wildman–Crippen MR) is 75.4 cm³/mol. The van der Waals surface area contributed by atoms with Gasteiger partial charge in [0.15, 0.2) is 0 Å². The number of hydrogen-bond acceptors (Lipinski definition) is 4. The number of benzene rings is 1. The van der Waals surface area contributed by atoms with Crippen LogP contribution in [-0.4, -0.2) is 20.4 Å². The molecule has 100 valence electrons. The van der Waals surface area contributed by atoms with Gasteiger partial charge < -0.3 is 5.73 Å². The lowest BCUT2D eigenvalue weighted by atomic mass is 10.2. The van der Waals surface area contributed by atoms with Crippen molar-refractivity contribution in [3.63, 3.8) is 0 Å². The molecule has 1 aromatic carbocycles. The number of nitrogens with zero attached hydrogens (tertiary/aromatic N) is 2. The molecule has 0 amide bonds. The molecule has 0 aliphatic rings. The van der Waals surface area contributed by atoms with Crippen molar-refractivity contribution in [2.75, 3.05) is 17.1 Å². The number of aryl methyl sites for hydroxylation is 1. The van der Waals surface area contributed by atoms with E-state index in [4.69, 9.17) is 5.73 Å². The number of sulfonamides is 1. The molecule has 5 nitrogen and oxygen atoms in total. The van der Waals surface area contributed by atoms with E-state index in [0.29, 0.717) is 5.69 Å². The lowest BCUT2D eigenvalue weighted by Crippen LogP contribution is -2.27. The van der Waals surface area contributed by atoms with Crippen LogP contribution in [0.3, 0.4) is 0 Å². The Labute approximate surface area is 112 Å². The third-order valence-electron chi connectivity index (χ3n) is 2.80. The lowest BCUT2D eigenvalue weighted by molar-refractivity contribution is 0.594. The van der Waals surface area contributed by atoms with E-state index in [1.54, 1.807) is 18.2 Å². The van der Waals surface area contributed by atoms with Crippen molar-refractivity contribution in [3.8, 4) is 0 Å². The Morgan fingerprint density at radius 2 is 1.95 bits per heavy atom. The summed E-state index contributed by atoms with van der Waals surface area (Å²) in [6, 6.07) is 10.2. The minimum absolute atomic E-state index is 0.00185. The zero-order valence-electron chi connectivity index (χ0n) is 10.7. The normalized spacial score (nSPS) is 11.3. The molecule has 2 aromatic rings. The van der Waals surface area contributed by atoms with Gasteiger partial charge in [0.25, 0.3) is 10.0 Å². The molecular weight excluding hydrogens is 262 g/mol. The first kappa shape index (κ1) is 13.4. The molecule has 2 rings (SSSR count). The van der Waals surface area contributed by atoms with Crippen LogP contribution >= 0.6 is 0 Å². The summed E-state index contributed by atoms with van der Waals surface area (Å²) in [5.74, 6) is 0.00185. The van der Waals surface area contributed by atoms with Crippen molar-refractivity contribution < 1.29 is 8.42 Å². The Morgan fingerprint density at radius 1 is 1.21 bits per heavy atom. The van der Waals surface area contributed by atoms with Crippen molar-refractivity contribution in [1.82, 2.24) is 4.98 Å². The summed E-state index contributed by atoms with van der Waals surface area (Å²) in [7, 11) is -2.20. The average molecular weight is 277 g/mol. The molecular formula is C13H15N3O2S. The largest absolute Gasteiger partial charge is 0.383 e. The second-order valence-corrected chi connectivity index (χ2v) is 6.14. The van der Waals surface area contributed by atoms with Gasteiger partial charge in [-0.05, 0) is 36.8 Å². The van der Waals surface area contributed by atoms with Gasteiger partial charge in [-0.1, -0.05) is 12.1 Å². The molecule has 1 aromatic heterocycles. The number of nitrogens with two attached hydrogens (primary N) is 1. The number of rotatable bonds is 3. The summed E-state index contributed by atoms with van der Waals surface area (Å²) in [6.07, 6.45) is 1.46. The predicted octanol–water partition coefficient (Wildman–Crippen LogP) is 1.80. The van der Waals surface area contributed by atoms with Crippen LogP contribution in [0, 0.1) is 6.92 Å². The van der Waals surface area contributed by atoms with Crippen LogP contribution in [0.5, 0.6) is 0 Å². The standard InChI is InChI=1S/C13H15N3O2S/c1-10-5-3-6-11(9-10)16(2)19(17,18)12-7-4-8-15-13(12)14/h3-9H,1-2H3,(H2,14,15). The molecule has 2 N–H and O–H groups in total. The van der Waals surface area contributed by atoms with Gasteiger partial charge in [0.05, 0.1) is 5.69 Å². The maximum Gasteiger partial charge on any atom is 0.267 e. The summed E-state index contributed by atoms with van der Waals surface area (Å²) < 4.78 is 26.1. The van der Waals surface area contributed by atoms with E-state index in [0.717, 1.165) is 5.56 Å². The van der Waals surface area contributed by atoms with Gasteiger partial charge in [0.1, 0.15) is 10.7 Å².